The molecule has 0 spiro atoms. The Morgan fingerprint density at radius 3 is 2.00 bits per heavy atom. The van der Waals surface area contributed by atoms with E-state index in [4.69, 9.17) is 16.3 Å². The molecule has 8 heteroatoms. The van der Waals surface area contributed by atoms with Crippen LogP contribution in [0, 0.1) is 40.1 Å². The van der Waals surface area contributed by atoms with Gasteiger partial charge in [-0.15, -0.1) is 0 Å². The minimum Gasteiger partial charge on any atom is -0.384 e. The van der Waals surface area contributed by atoms with E-state index >= 15 is 0 Å². The largest absolute Gasteiger partial charge is 0.384 e. The molecule has 0 aliphatic rings. The monoisotopic (exact) mass is 290 g/mol. The minimum absolute atomic E-state index is 0.373. The van der Waals surface area contributed by atoms with Gasteiger partial charge in [-0.3, -0.25) is 4.79 Å². The van der Waals surface area contributed by atoms with Gasteiger partial charge in [0, 0.05) is 17.7 Å². The molecule has 0 aliphatic carbocycles. The number of halogens is 3. The predicted octanol–water partition coefficient (Wildman–Crippen LogP) is 1.78. The number of hydrogen-bond acceptors (Lipinski definition) is 4. The topological polar surface area (TPSA) is 106 Å². The molecule has 21 heavy (non-hydrogen) atoms. The van der Waals surface area contributed by atoms with E-state index in [2.05, 4.69) is 0 Å². The number of aromatic amines is 1. The number of pyridine rings is 1. The SMILES string of the molecule is N#Cc1c(N)[nH]c(=O)c(C#N)c1-c1c(F)cc(F)cc1F. The summed E-state index contributed by atoms with van der Waals surface area (Å²) < 4.78 is 40.6. The predicted molar refractivity (Wildman–Crippen MR) is 66.2 cm³/mol. The van der Waals surface area contributed by atoms with Crippen molar-refractivity contribution in [1.29, 1.82) is 10.5 Å². The van der Waals surface area contributed by atoms with Crippen molar-refractivity contribution in [3.63, 3.8) is 0 Å². The summed E-state index contributed by atoms with van der Waals surface area (Å²) in [5, 5.41) is 18.0. The number of H-pyrrole nitrogens is 1. The molecule has 0 aliphatic heterocycles. The molecule has 0 unspecified atom stereocenters. The van der Waals surface area contributed by atoms with Crippen molar-refractivity contribution in [2.45, 2.75) is 0 Å². The average Bonchev–Trinajstić information content (AvgIpc) is 2.37. The van der Waals surface area contributed by atoms with Gasteiger partial charge in [0.15, 0.2) is 0 Å². The van der Waals surface area contributed by atoms with Gasteiger partial charge in [0.05, 0.1) is 5.56 Å². The summed E-state index contributed by atoms with van der Waals surface area (Å²) in [4.78, 5) is 13.7. The summed E-state index contributed by atoms with van der Waals surface area (Å²) in [7, 11) is 0. The first kappa shape index (κ1) is 14.2. The molecule has 0 radical (unpaired) electrons. The standard InChI is InChI=1S/C13H5F3N4O/c14-5-1-8(15)11(9(16)2-5)10-6(3-17)12(19)20-13(21)7(10)4-18/h1-2H,(H3,19,20,21). The molecule has 1 aromatic carbocycles. The maximum absolute atomic E-state index is 13.8. The fourth-order valence-corrected chi connectivity index (χ4v) is 1.87. The van der Waals surface area contributed by atoms with Gasteiger partial charge in [-0.25, -0.2) is 13.2 Å². The van der Waals surface area contributed by atoms with Gasteiger partial charge in [0.2, 0.25) is 0 Å². The van der Waals surface area contributed by atoms with Gasteiger partial charge in [-0.2, -0.15) is 10.5 Å². The van der Waals surface area contributed by atoms with Crippen molar-refractivity contribution >= 4 is 5.82 Å². The van der Waals surface area contributed by atoms with Crippen LogP contribution < -0.4 is 11.3 Å². The lowest BCUT2D eigenvalue weighted by Crippen LogP contribution is -2.17. The number of nitrogens with two attached hydrogens (primary N) is 1. The Morgan fingerprint density at radius 1 is 1.00 bits per heavy atom. The fraction of sp³-hybridized carbons (Fsp3) is 0. The third-order valence-electron chi connectivity index (χ3n) is 2.73. The van der Waals surface area contributed by atoms with Crippen molar-refractivity contribution < 1.29 is 13.2 Å². The van der Waals surface area contributed by atoms with E-state index in [-0.39, 0.29) is 0 Å². The molecule has 0 saturated carbocycles. The third-order valence-corrected chi connectivity index (χ3v) is 2.73. The molecule has 1 heterocycles. The smallest absolute Gasteiger partial charge is 0.268 e. The molecular weight excluding hydrogens is 285 g/mol. The number of anilines is 1. The van der Waals surface area contributed by atoms with E-state index in [0.29, 0.717) is 12.1 Å². The van der Waals surface area contributed by atoms with Crippen LogP contribution in [-0.2, 0) is 0 Å². The Labute approximate surface area is 115 Å². The van der Waals surface area contributed by atoms with Crippen LogP contribution >= 0.6 is 0 Å². The Bertz CT molecular complexity index is 867. The average molecular weight is 290 g/mol. The van der Waals surface area contributed by atoms with E-state index < -0.39 is 51.1 Å². The van der Waals surface area contributed by atoms with Gasteiger partial charge in [-0.1, -0.05) is 0 Å². The number of rotatable bonds is 1. The molecule has 0 fully saturated rings. The maximum atomic E-state index is 13.8. The number of hydrogen-bond donors (Lipinski definition) is 2. The van der Waals surface area contributed by atoms with E-state index in [1.54, 1.807) is 6.07 Å². The first-order valence-electron chi connectivity index (χ1n) is 5.41. The lowest BCUT2D eigenvalue weighted by atomic mass is 9.95. The van der Waals surface area contributed by atoms with Crippen LogP contribution in [0.4, 0.5) is 19.0 Å². The van der Waals surface area contributed by atoms with Crippen LogP contribution in [-0.4, -0.2) is 4.98 Å². The number of nitrogen functional groups attached to an aromatic ring is 1. The highest BCUT2D eigenvalue weighted by molar-refractivity contribution is 5.80. The van der Waals surface area contributed by atoms with Crippen molar-refractivity contribution in [3.05, 3.63) is 51.1 Å². The quantitative estimate of drug-likeness (QED) is 0.834. The highest BCUT2D eigenvalue weighted by Crippen LogP contribution is 2.32. The van der Waals surface area contributed by atoms with E-state index in [9.17, 15) is 18.0 Å². The van der Waals surface area contributed by atoms with Crippen LogP contribution in [0.2, 0.25) is 0 Å². The molecule has 0 saturated heterocycles. The summed E-state index contributed by atoms with van der Waals surface area (Å²) in [6.07, 6.45) is 0. The van der Waals surface area contributed by atoms with Crippen LogP contribution in [0.5, 0.6) is 0 Å². The summed E-state index contributed by atoms with van der Waals surface area (Å²) in [5.74, 6) is -4.33. The van der Waals surface area contributed by atoms with Crippen LogP contribution in [0.25, 0.3) is 11.1 Å². The Hall–Kier alpha value is -3.26. The highest BCUT2D eigenvalue weighted by atomic mass is 19.1. The first-order chi connectivity index (χ1) is 9.90. The summed E-state index contributed by atoms with van der Waals surface area (Å²) >= 11 is 0. The Balaban J connectivity index is 3.05. The number of nitrogens with zero attached hydrogens (tertiary/aromatic N) is 2. The van der Waals surface area contributed by atoms with Crippen molar-refractivity contribution in [3.8, 4) is 23.3 Å². The minimum atomic E-state index is -1.36. The lowest BCUT2D eigenvalue weighted by Gasteiger charge is -2.10. The summed E-state index contributed by atoms with van der Waals surface area (Å²) in [5.41, 5.74) is 1.78. The summed E-state index contributed by atoms with van der Waals surface area (Å²) in [6, 6.07) is 3.76. The molecule has 2 rings (SSSR count). The molecule has 3 N–H and O–H groups in total. The second-order valence-corrected chi connectivity index (χ2v) is 3.96. The highest BCUT2D eigenvalue weighted by Gasteiger charge is 2.24. The fourth-order valence-electron chi connectivity index (χ4n) is 1.87. The van der Waals surface area contributed by atoms with Crippen LogP contribution in [0.3, 0.4) is 0 Å². The van der Waals surface area contributed by atoms with E-state index in [1.807, 2.05) is 4.98 Å². The van der Waals surface area contributed by atoms with Gasteiger partial charge >= 0.3 is 0 Å². The third kappa shape index (κ3) is 2.19. The van der Waals surface area contributed by atoms with Crippen molar-refractivity contribution in [1.82, 2.24) is 4.98 Å². The number of nitriles is 2. The number of benzene rings is 1. The zero-order valence-corrected chi connectivity index (χ0v) is 10.2. The maximum Gasteiger partial charge on any atom is 0.268 e. The zero-order valence-electron chi connectivity index (χ0n) is 10.2. The second-order valence-electron chi connectivity index (χ2n) is 3.96. The molecule has 5 nitrogen and oxygen atoms in total. The van der Waals surface area contributed by atoms with Gasteiger partial charge in [0.1, 0.15) is 46.5 Å². The molecule has 0 bridgehead atoms. The number of nitrogens with one attached hydrogen (secondary N) is 1. The van der Waals surface area contributed by atoms with E-state index in [1.165, 1.54) is 6.07 Å². The molecule has 2 aromatic rings. The molecular formula is C13H5F3N4O. The second kappa shape index (κ2) is 5.02. The first-order valence-corrected chi connectivity index (χ1v) is 5.41. The lowest BCUT2D eigenvalue weighted by molar-refractivity contribution is 0.548. The normalized spacial score (nSPS) is 9.95. The molecule has 0 atom stereocenters. The van der Waals surface area contributed by atoms with Gasteiger partial charge < -0.3 is 10.7 Å². The molecule has 104 valence electrons. The Morgan fingerprint density at radius 2 is 1.52 bits per heavy atom. The van der Waals surface area contributed by atoms with Gasteiger partial charge in [-0.05, 0) is 0 Å². The van der Waals surface area contributed by atoms with Crippen molar-refractivity contribution in [2.75, 3.05) is 5.73 Å². The van der Waals surface area contributed by atoms with Crippen molar-refractivity contribution in [2.24, 2.45) is 0 Å². The number of aromatic nitrogens is 1. The summed E-state index contributed by atoms with van der Waals surface area (Å²) in [6.45, 7) is 0. The Kier molecular flexibility index (Phi) is 3.38. The van der Waals surface area contributed by atoms with E-state index in [0.717, 1.165) is 0 Å². The van der Waals surface area contributed by atoms with Gasteiger partial charge in [0.25, 0.3) is 5.56 Å². The van der Waals surface area contributed by atoms with Crippen LogP contribution in [0.1, 0.15) is 11.1 Å². The van der Waals surface area contributed by atoms with Crippen LogP contribution in [0.15, 0.2) is 16.9 Å². The molecule has 1 aromatic heterocycles. The molecule has 0 amide bonds. The zero-order chi connectivity index (χ0) is 15.7.